The van der Waals surface area contributed by atoms with Crippen LogP contribution in [-0.2, 0) is 11.2 Å². The number of carbonyl (C=O) groups excluding carboxylic acids is 1. The molecule has 2 heterocycles. The molecule has 2 aromatic heterocycles. The standard InChI is InChI=1S/C21H24N2S2.C2H4O/c1-4-6-14-8-9-17-18(12-22)21(23-3)25-20(17)19(14)16(7-5-2)15-10-11-24-13-15;1-2-3/h7,10-11,13,23H,4-6,8-9H2,1-3H3;2H,1H3/b16-7-;. The summed E-state index contributed by atoms with van der Waals surface area (Å²) in [6.45, 7) is 5.90. The molecule has 1 aliphatic carbocycles. The van der Waals surface area contributed by atoms with Crippen molar-refractivity contribution >= 4 is 45.1 Å². The van der Waals surface area contributed by atoms with Gasteiger partial charge in [0.15, 0.2) is 0 Å². The number of hydrogen-bond donors (Lipinski definition) is 1. The molecule has 0 saturated heterocycles. The zero-order valence-electron chi connectivity index (χ0n) is 17.1. The van der Waals surface area contributed by atoms with E-state index in [1.54, 1.807) is 28.2 Å². The van der Waals surface area contributed by atoms with E-state index in [-0.39, 0.29) is 0 Å². The van der Waals surface area contributed by atoms with Crippen molar-refractivity contribution in [2.24, 2.45) is 0 Å². The fourth-order valence-electron chi connectivity index (χ4n) is 3.61. The van der Waals surface area contributed by atoms with Crippen molar-refractivity contribution in [3.8, 4) is 6.07 Å². The van der Waals surface area contributed by atoms with Gasteiger partial charge in [-0.15, -0.1) is 11.3 Å². The Kier molecular flexibility index (Phi) is 8.69. The zero-order valence-corrected chi connectivity index (χ0v) is 18.7. The quantitative estimate of drug-likeness (QED) is 0.524. The van der Waals surface area contributed by atoms with Crippen molar-refractivity contribution in [2.75, 3.05) is 12.4 Å². The van der Waals surface area contributed by atoms with Crippen LogP contribution < -0.4 is 5.32 Å². The van der Waals surface area contributed by atoms with Crippen molar-refractivity contribution in [2.45, 2.75) is 52.9 Å². The van der Waals surface area contributed by atoms with Crippen LogP contribution in [0.5, 0.6) is 0 Å². The lowest BCUT2D eigenvalue weighted by atomic mass is 9.82. The molecule has 0 bridgehead atoms. The van der Waals surface area contributed by atoms with E-state index in [9.17, 15) is 5.26 Å². The summed E-state index contributed by atoms with van der Waals surface area (Å²) in [6.07, 6.45) is 8.46. The molecule has 28 heavy (non-hydrogen) atoms. The lowest BCUT2D eigenvalue weighted by molar-refractivity contribution is -0.106. The highest BCUT2D eigenvalue weighted by molar-refractivity contribution is 7.17. The number of carbonyl (C=O) groups is 1. The topological polar surface area (TPSA) is 52.9 Å². The molecular weight excluding hydrogens is 384 g/mol. The number of nitriles is 1. The van der Waals surface area contributed by atoms with E-state index in [1.165, 1.54) is 34.1 Å². The normalized spacial score (nSPS) is 13.3. The van der Waals surface area contributed by atoms with Crippen LogP contribution in [0.4, 0.5) is 5.00 Å². The Morgan fingerprint density at radius 3 is 2.64 bits per heavy atom. The second kappa shape index (κ2) is 11.0. The molecule has 0 unspecified atom stereocenters. The van der Waals surface area contributed by atoms with Crippen molar-refractivity contribution in [3.63, 3.8) is 0 Å². The summed E-state index contributed by atoms with van der Waals surface area (Å²) < 4.78 is 0. The van der Waals surface area contributed by atoms with E-state index >= 15 is 0 Å². The molecule has 0 aromatic carbocycles. The number of fused-ring (bicyclic) bond motifs is 1. The summed E-state index contributed by atoms with van der Waals surface area (Å²) in [5.41, 5.74) is 7.68. The van der Waals surface area contributed by atoms with Gasteiger partial charge in [0.1, 0.15) is 17.4 Å². The first-order chi connectivity index (χ1) is 13.7. The van der Waals surface area contributed by atoms with Gasteiger partial charge in [-0.05, 0) is 71.7 Å². The summed E-state index contributed by atoms with van der Waals surface area (Å²) in [5.74, 6) is 0. The second-order valence-corrected chi connectivity index (χ2v) is 8.28. The molecule has 5 heteroatoms. The number of hydrogen-bond acceptors (Lipinski definition) is 5. The van der Waals surface area contributed by atoms with Gasteiger partial charge in [-0.25, -0.2) is 0 Å². The third-order valence-electron chi connectivity index (χ3n) is 4.66. The van der Waals surface area contributed by atoms with Gasteiger partial charge in [-0.1, -0.05) is 31.9 Å². The molecule has 0 fully saturated rings. The highest BCUT2D eigenvalue weighted by atomic mass is 32.1. The summed E-state index contributed by atoms with van der Waals surface area (Å²) in [4.78, 5) is 10.1. The molecular formula is C23H28N2OS2. The van der Waals surface area contributed by atoms with E-state index in [4.69, 9.17) is 4.79 Å². The predicted molar refractivity (Wildman–Crippen MR) is 123 cm³/mol. The summed E-state index contributed by atoms with van der Waals surface area (Å²) in [6, 6.07) is 4.65. The molecule has 2 aromatic rings. The van der Waals surface area contributed by atoms with Crippen molar-refractivity contribution in [3.05, 3.63) is 50.0 Å². The second-order valence-electron chi connectivity index (χ2n) is 6.48. The van der Waals surface area contributed by atoms with Crippen molar-refractivity contribution < 1.29 is 4.79 Å². The Morgan fingerprint density at radius 2 is 2.11 bits per heavy atom. The Labute approximate surface area is 176 Å². The smallest absolute Gasteiger partial charge is 0.116 e. The minimum absolute atomic E-state index is 0.750. The van der Waals surface area contributed by atoms with E-state index in [1.807, 2.05) is 7.05 Å². The van der Waals surface area contributed by atoms with Crippen LogP contribution in [0.15, 0.2) is 28.5 Å². The number of nitrogens with one attached hydrogen (secondary N) is 1. The molecule has 0 radical (unpaired) electrons. The van der Waals surface area contributed by atoms with Crippen LogP contribution in [0.1, 0.15) is 68.0 Å². The van der Waals surface area contributed by atoms with Crippen LogP contribution in [0.3, 0.4) is 0 Å². The zero-order chi connectivity index (χ0) is 20.5. The third-order valence-corrected chi connectivity index (χ3v) is 6.62. The summed E-state index contributed by atoms with van der Waals surface area (Å²) in [5, 5.41) is 18.3. The van der Waals surface area contributed by atoms with Gasteiger partial charge in [-0.3, -0.25) is 0 Å². The van der Waals surface area contributed by atoms with Gasteiger partial charge in [0.05, 0.1) is 5.56 Å². The molecule has 0 saturated carbocycles. The Balaban J connectivity index is 0.000000878. The highest BCUT2D eigenvalue weighted by Crippen LogP contribution is 2.48. The SMILES string of the molecule is CC/C=C(\C1=C(CCC)CCc2c1sc(NC)c2C#N)c1ccsc1.CC=O. The number of nitrogens with zero attached hydrogens (tertiary/aromatic N) is 1. The third kappa shape index (κ3) is 4.63. The maximum absolute atomic E-state index is 9.66. The first kappa shape index (κ1) is 22.1. The number of anilines is 1. The van der Waals surface area contributed by atoms with Crippen molar-refractivity contribution in [1.29, 1.82) is 5.26 Å². The molecule has 1 aliphatic rings. The van der Waals surface area contributed by atoms with Gasteiger partial charge in [0, 0.05) is 11.9 Å². The molecule has 148 valence electrons. The average molecular weight is 413 g/mol. The number of thiophene rings is 2. The number of aldehydes is 1. The lowest BCUT2D eigenvalue weighted by Gasteiger charge is -2.23. The summed E-state index contributed by atoms with van der Waals surface area (Å²) in [7, 11) is 1.91. The van der Waals surface area contributed by atoms with Gasteiger partial charge >= 0.3 is 0 Å². The maximum atomic E-state index is 9.66. The highest BCUT2D eigenvalue weighted by Gasteiger charge is 2.28. The molecule has 0 spiro atoms. The maximum Gasteiger partial charge on any atom is 0.116 e. The average Bonchev–Trinajstić information content (AvgIpc) is 3.34. The first-order valence-electron chi connectivity index (χ1n) is 9.75. The molecule has 3 nitrogen and oxygen atoms in total. The molecule has 0 amide bonds. The Hall–Kier alpha value is -2.16. The molecule has 0 atom stereocenters. The van der Waals surface area contributed by atoms with Crippen LogP contribution >= 0.6 is 22.7 Å². The van der Waals surface area contributed by atoms with Crippen LogP contribution in [0.2, 0.25) is 0 Å². The summed E-state index contributed by atoms with van der Waals surface area (Å²) >= 11 is 3.49. The van der Waals surface area contributed by atoms with Crippen LogP contribution in [0.25, 0.3) is 11.1 Å². The monoisotopic (exact) mass is 412 g/mol. The molecule has 3 rings (SSSR count). The fraction of sp³-hybridized carbons (Fsp3) is 0.391. The largest absolute Gasteiger partial charge is 0.379 e. The van der Waals surface area contributed by atoms with Gasteiger partial charge in [-0.2, -0.15) is 16.6 Å². The molecule has 1 N–H and O–H groups in total. The Bertz CT molecular complexity index is 896. The Morgan fingerprint density at radius 1 is 1.36 bits per heavy atom. The van der Waals surface area contributed by atoms with Crippen LogP contribution in [0, 0.1) is 11.3 Å². The lowest BCUT2D eigenvalue weighted by Crippen LogP contribution is -2.05. The minimum Gasteiger partial charge on any atom is -0.379 e. The first-order valence-corrected chi connectivity index (χ1v) is 11.5. The van der Waals surface area contributed by atoms with E-state index < -0.39 is 0 Å². The van der Waals surface area contributed by atoms with Crippen LogP contribution in [-0.4, -0.2) is 13.3 Å². The van der Waals surface area contributed by atoms with E-state index in [0.717, 1.165) is 49.0 Å². The van der Waals surface area contributed by atoms with Gasteiger partial charge in [0.2, 0.25) is 0 Å². The fourth-order valence-corrected chi connectivity index (χ4v) is 5.53. The van der Waals surface area contributed by atoms with E-state index in [2.05, 4.69) is 48.1 Å². The van der Waals surface area contributed by atoms with E-state index in [0.29, 0.717) is 0 Å². The van der Waals surface area contributed by atoms with Gasteiger partial charge < -0.3 is 10.1 Å². The minimum atomic E-state index is 0.750. The number of rotatable bonds is 6. The van der Waals surface area contributed by atoms with Crippen molar-refractivity contribution in [1.82, 2.24) is 0 Å². The molecule has 0 aliphatic heterocycles. The van der Waals surface area contributed by atoms with Gasteiger partial charge in [0.25, 0.3) is 0 Å². The number of allylic oxidation sites excluding steroid dienone is 4. The predicted octanol–water partition coefficient (Wildman–Crippen LogP) is 6.92.